The fourth-order valence-corrected chi connectivity index (χ4v) is 4.49. The smallest absolute Gasteiger partial charge is 0.305 e. The largest absolute Gasteiger partial charge is 0.469 e. The second-order valence-electron chi connectivity index (χ2n) is 8.78. The first-order chi connectivity index (χ1) is 17.2. The van der Waals surface area contributed by atoms with Gasteiger partial charge in [0.1, 0.15) is 0 Å². The Morgan fingerprint density at radius 3 is 2.51 bits per heavy atom. The first-order valence-electron chi connectivity index (χ1n) is 12.2. The number of carbonyl (C=O) groups excluding carboxylic acids is 1. The number of methoxy groups -OCH3 is 1. The molecule has 4 rings (SSSR count). The van der Waals surface area contributed by atoms with E-state index in [-0.39, 0.29) is 24.1 Å². The van der Waals surface area contributed by atoms with Gasteiger partial charge in [0.05, 0.1) is 32.5 Å². The van der Waals surface area contributed by atoms with Gasteiger partial charge in [0.2, 0.25) is 0 Å². The zero-order valence-corrected chi connectivity index (χ0v) is 20.2. The van der Waals surface area contributed by atoms with E-state index >= 15 is 0 Å². The minimum Gasteiger partial charge on any atom is -0.469 e. The van der Waals surface area contributed by atoms with Gasteiger partial charge in [-0.15, -0.1) is 0 Å². The molecule has 1 aromatic heterocycles. The third-order valence-electron chi connectivity index (χ3n) is 6.42. The van der Waals surface area contributed by atoms with Crippen LogP contribution in [0.1, 0.15) is 42.9 Å². The zero-order valence-electron chi connectivity index (χ0n) is 20.2. The van der Waals surface area contributed by atoms with E-state index in [0.29, 0.717) is 26.1 Å². The number of benzene rings is 2. The second kappa shape index (κ2) is 13.0. The molecule has 2 aromatic carbocycles. The molecule has 5 nitrogen and oxygen atoms in total. The lowest BCUT2D eigenvalue weighted by Crippen LogP contribution is -2.23. The fraction of sp³-hybridized carbons (Fsp3) is 0.333. The maximum absolute atomic E-state index is 11.3. The van der Waals surface area contributed by atoms with E-state index < -0.39 is 0 Å². The summed E-state index contributed by atoms with van der Waals surface area (Å²) in [5, 5.41) is 0. The van der Waals surface area contributed by atoms with E-state index in [1.165, 1.54) is 18.2 Å². The number of allylic oxidation sites excluding steroid dienone is 2. The molecule has 1 fully saturated rings. The number of esters is 1. The predicted octanol–water partition coefficient (Wildman–Crippen LogP) is 6.31. The van der Waals surface area contributed by atoms with Crippen LogP contribution in [-0.4, -0.2) is 30.8 Å². The van der Waals surface area contributed by atoms with Crippen LogP contribution in [0.5, 0.6) is 0 Å². The van der Waals surface area contributed by atoms with E-state index in [0.717, 1.165) is 24.0 Å². The van der Waals surface area contributed by atoms with Crippen molar-refractivity contribution in [2.75, 3.05) is 13.7 Å². The van der Waals surface area contributed by atoms with Crippen LogP contribution in [0.15, 0.2) is 91.3 Å². The van der Waals surface area contributed by atoms with Gasteiger partial charge in [-0.3, -0.25) is 9.78 Å². The van der Waals surface area contributed by atoms with Crippen LogP contribution in [-0.2, 0) is 25.6 Å². The topological polar surface area (TPSA) is 57.7 Å². The number of carbonyl (C=O) groups is 1. The Hall–Kier alpha value is -3.28. The molecule has 0 unspecified atom stereocenters. The molecule has 0 amide bonds. The summed E-state index contributed by atoms with van der Waals surface area (Å²) in [5.41, 5.74) is 4.65. The van der Waals surface area contributed by atoms with Crippen LogP contribution < -0.4 is 0 Å². The number of aromatic nitrogens is 1. The van der Waals surface area contributed by atoms with Crippen LogP contribution in [0.4, 0.5) is 0 Å². The molecule has 2 heterocycles. The summed E-state index contributed by atoms with van der Waals surface area (Å²) in [7, 11) is 1.42. The normalized spacial score (nSPS) is 19.7. The maximum Gasteiger partial charge on any atom is 0.305 e. The summed E-state index contributed by atoms with van der Waals surface area (Å²) in [5.74, 6) is 0.0498. The van der Waals surface area contributed by atoms with Crippen LogP contribution in [0.2, 0.25) is 0 Å². The molecule has 3 atom stereocenters. The van der Waals surface area contributed by atoms with E-state index in [4.69, 9.17) is 14.2 Å². The van der Waals surface area contributed by atoms with Crippen LogP contribution in [0, 0.1) is 5.92 Å². The highest BCUT2D eigenvalue weighted by Gasteiger charge is 2.38. The van der Waals surface area contributed by atoms with Gasteiger partial charge < -0.3 is 14.2 Å². The molecule has 5 heteroatoms. The molecular formula is C30H33NO4. The molecule has 3 aromatic rings. The van der Waals surface area contributed by atoms with Crippen molar-refractivity contribution in [1.29, 1.82) is 0 Å². The van der Waals surface area contributed by atoms with Crippen molar-refractivity contribution in [3.63, 3.8) is 0 Å². The van der Waals surface area contributed by atoms with Crippen molar-refractivity contribution in [2.45, 2.75) is 44.5 Å². The highest BCUT2D eigenvalue weighted by atomic mass is 16.6. The number of nitrogens with zero attached hydrogens (tertiary/aromatic N) is 1. The molecular weight excluding hydrogens is 438 g/mol. The number of rotatable bonds is 11. The molecule has 0 saturated carbocycles. The van der Waals surface area contributed by atoms with Crippen molar-refractivity contribution in [3.8, 4) is 11.1 Å². The lowest BCUT2D eigenvalue weighted by Gasteiger charge is -2.23. The molecule has 0 aliphatic carbocycles. The summed E-state index contributed by atoms with van der Waals surface area (Å²) < 4.78 is 17.3. The van der Waals surface area contributed by atoms with E-state index in [1.54, 1.807) is 6.20 Å². The van der Waals surface area contributed by atoms with Gasteiger partial charge in [-0.2, -0.15) is 0 Å². The maximum atomic E-state index is 11.3. The minimum atomic E-state index is -0.180. The van der Waals surface area contributed by atoms with Crippen molar-refractivity contribution in [1.82, 2.24) is 4.98 Å². The van der Waals surface area contributed by atoms with Crippen molar-refractivity contribution >= 4 is 5.97 Å². The Morgan fingerprint density at radius 2 is 1.77 bits per heavy atom. The predicted molar refractivity (Wildman–Crippen MR) is 136 cm³/mol. The summed E-state index contributed by atoms with van der Waals surface area (Å²) in [6.45, 7) is 1.12. The molecule has 1 saturated heterocycles. The summed E-state index contributed by atoms with van der Waals surface area (Å²) in [6.07, 6.45) is 10.8. The first-order valence-corrected chi connectivity index (χ1v) is 12.2. The Bertz CT molecular complexity index is 1070. The Morgan fingerprint density at radius 1 is 1.00 bits per heavy atom. The fourth-order valence-electron chi connectivity index (χ4n) is 4.49. The summed E-state index contributed by atoms with van der Waals surface area (Å²) in [4.78, 5) is 15.6. The third-order valence-corrected chi connectivity index (χ3v) is 6.42. The third kappa shape index (κ3) is 7.10. The summed E-state index contributed by atoms with van der Waals surface area (Å²) in [6, 6.07) is 23.0. The Labute approximate surface area is 207 Å². The van der Waals surface area contributed by atoms with Crippen LogP contribution in [0.25, 0.3) is 11.1 Å². The highest BCUT2D eigenvalue weighted by molar-refractivity contribution is 5.69. The first kappa shape index (κ1) is 24.8. The second-order valence-corrected chi connectivity index (χ2v) is 8.78. The van der Waals surface area contributed by atoms with Gasteiger partial charge in [0.15, 0.2) is 0 Å². The minimum absolute atomic E-state index is 0.0116. The molecule has 182 valence electrons. The van der Waals surface area contributed by atoms with Crippen LogP contribution >= 0.6 is 0 Å². The van der Waals surface area contributed by atoms with E-state index in [2.05, 4.69) is 71.7 Å². The molecule has 0 spiro atoms. The number of pyridine rings is 1. The average Bonchev–Trinajstić information content (AvgIpc) is 3.33. The SMILES string of the molecule is COC(=O)CCC=CCC[C@@H]1[C@@H](OCc2ccc(-c3ccccc3)cc2)CO[C@@H]1c1cccnc1. The number of hydrogen-bond acceptors (Lipinski definition) is 5. The standard InChI is InChI=1S/C30H33NO4/c1-33-29(32)14-8-3-2-7-13-27-28(22-35-30(27)26-12-9-19-31-20-26)34-21-23-15-17-25(18-16-23)24-10-5-4-6-11-24/h2-6,9-12,15-20,27-28,30H,7-8,13-14,21-22H2,1H3/t27-,28+,30-/m1/s1. The Balaban J connectivity index is 1.35. The molecule has 35 heavy (non-hydrogen) atoms. The van der Waals surface area contributed by atoms with Gasteiger partial charge in [-0.05, 0) is 47.6 Å². The molecule has 1 aliphatic heterocycles. The molecule has 0 bridgehead atoms. The lowest BCUT2D eigenvalue weighted by molar-refractivity contribution is -0.140. The van der Waals surface area contributed by atoms with Gasteiger partial charge in [-0.25, -0.2) is 0 Å². The monoisotopic (exact) mass is 471 g/mol. The number of hydrogen-bond donors (Lipinski definition) is 0. The molecule has 0 N–H and O–H groups in total. The van der Waals surface area contributed by atoms with Gasteiger partial charge >= 0.3 is 5.97 Å². The van der Waals surface area contributed by atoms with Gasteiger partial charge in [0, 0.05) is 24.7 Å². The van der Waals surface area contributed by atoms with Crippen molar-refractivity contribution in [2.24, 2.45) is 5.92 Å². The summed E-state index contributed by atoms with van der Waals surface area (Å²) >= 11 is 0. The van der Waals surface area contributed by atoms with E-state index in [1.807, 2.05) is 18.3 Å². The van der Waals surface area contributed by atoms with Gasteiger partial charge in [-0.1, -0.05) is 72.8 Å². The van der Waals surface area contributed by atoms with E-state index in [9.17, 15) is 4.79 Å². The molecule has 1 aliphatic rings. The molecule has 0 radical (unpaired) electrons. The lowest BCUT2D eigenvalue weighted by atomic mass is 9.90. The zero-order chi connectivity index (χ0) is 24.3. The van der Waals surface area contributed by atoms with Gasteiger partial charge in [0.25, 0.3) is 0 Å². The average molecular weight is 472 g/mol. The number of ether oxygens (including phenoxy) is 3. The van der Waals surface area contributed by atoms with Crippen molar-refractivity contribution < 1.29 is 19.0 Å². The van der Waals surface area contributed by atoms with Crippen LogP contribution in [0.3, 0.4) is 0 Å². The highest BCUT2D eigenvalue weighted by Crippen LogP contribution is 2.39. The van der Waals surface area contributed by atoms with Crippen molar-refractivity contribution in [3.05, 3.63) is 102 Å². The quantitative estimate of drug-likeness (QED) is 0.242. The Kier molecular flexibility index (Phi) is 9.21.